The summed E-state index contributed by atoms with van der Waals surface area (Å²) in [7, 11) is -4.52. The van der Waals surface area contributed by atoms with Crippen molar-refractivity contribution in [3.8, 4) is 23.0 Å². The molecule has 0 saturated heterocycles. The van der Waals surface area contributed by atoms with Crippen LogP contribution < -0.4 is 18.9 Å². The fraction of sp³-hybridized carbons (Fsp3) is 0.300. The monoisotopic (exact) mass is 527 g/mol. The van der Waals surface area contributed by atoms with Crippen LogP contribution in [0.15, 0.2) is 47.4 Å². The third-order valence-corrected chi connectivity index (χ3v) is 5.10. The minimum atomic E-state index is -4.52. The topological polar surface area (TPSA) is 128 Å². The number of aromatic nitrogens is 4. The van der Waals surface area contributed by atoms with Crippen molar-refractivity contribution in [2.24, 2.45) is 0 Å². The van der Waals surface area contributed by atoms with Crippen LogP contribution in [0.5, 0.6) is 11.9 Å². The average Bonchev–Trinajstić information content (AvgIpc) is 2.78. The Labute approximate surface area is 202 Å². The van der Waals surface area contributed by atoms with Gasteiger partial charge in [-0.3, -0.25) is 4.72 Å². The summed E-state index contributed by atoms with van der Waals surface area (Å²) in [4.78, 5) is 15.6. The number of anilines is 1. The Morgan fingerprint density at radius 2 is 1.84 bits per heavy atom. The minimum Gasteiger partial charge on any atom is -0.473 e. The summed E-state index contributed by atoms with van der Waals surface area (Å²) in [6.07, 6.45) is 2.16. The minimum absolute atomic E-state index is 0.0820. The van der Waals surface area contributed by atoms with Gasteiger partial charge in [0.05, 0.1) is 8.30 Å². The van der Waals surface area contributed by atoms with Crippen molar-refractivity contribution >= 4 is 32.0 Å². The van der Waals surface area contributed by atoms with Crippen molar-refractivity contribution in [3.63, 3.8) is 0 Å². The highest BCUT2D eigenvalue weighted by molar-refractivity contribution is 9.10. The normalized spacial score (nSPS) is 14.4. The molecule has 0 amide bonds. The summed E-state index contributed by atoms with van der Waals surface area (Å²) in [6, 6.07) is 6.35. The Morgan fingerprint density at radius 1 is 1.12 bits per heavy atom. The van der Waals surface area contributed by atoms with Crippen LogP contribution in [0.1, 0.15) is 25.8 Å². The van der Waals surface area contributed by atoms with Gasteiger partial charge < -0.3 is 9.47 Å². The summed E-state index contributed by atoms with van der Waals surface area (Å²) in [5, 5.41) is 0. The van der Waals surface area contributed by atoms with Crippen molar-refractivity contribution < 1.29 is 24.7 Å². The number of ether oxygens (including phenoxy) is 2. The summed E-state index contributed by atoms with van der Waals surface area (Å²) in [6.45, 7) is -2.20. The maximum Gasteiger partial charge on any atom is 0.316 e. The molecule has 2 aromatic heterocycles. The third-order valence-electron chi connectivity index (χ3n) is 3.70. The first-order valence-corrected chi connectivity index (χ1v) is 11.5. The first-order chi connectivity index (χ1) is 17.2. The van der Waals surface area contributed by atoms with Crippen LogP contribution in [0, 0.1) is 6.92 Å². The van der Waals surface area contributed by atoms with Gasteiger partial charge in [-0.2, -0.15) is 13.1 Å². The lowest BCUT2D eigenvalue weighted by Gasteiger charge is -2.15. The first kappa shape index (κ1) is 17.7. The zero-order valence-corrected chi connectivity index (χ0v) is 19.5. The molecule has 170 valence electrons. The molecule has 0 aliphatic rings. The zero-order valence-electron chi connectivity index (χ0n) is 22.1. The van der Waals surface area contributed by atoms with Gasteiger partial charge in [-0.15, -0.1) is 0 Å². The standard InChI is InChI=1S/C20H23BrN6O4S/c1-3-8-26-32(28,29)27-18-17(15-4-6-16(21)7-5-15)19(25-13-24-18)30-9-10-31-20-22-11-14(2)12-23-20/h4-7,11-13,26H,3,8-10H2,1-2H3,(H,24,25,27)/i8D2,9D2,13D. The fourth-order valence-electron chi connectivity index (χ4n) is 2.33. The predicted molar refractivity (Wildman–Crippen MR) is 124 cm³/mol. The zero-order chi connectivity index (χ0) is 27.4. The maximum absolute atomic E-state index is 12.7. The number of nitrogens with one attached hydrogen (secondary N) is 2. The lowest BCUT2D eigenvalue weighted by Crippen LogP contribution is -2.31. The molecule has 3 rings (SSSR count). The number of rotatable bonds is 11. The third kappa shape index (κ3) is 6.84. The molecule has 0 unspecified atom stereocenters. The van der Waals surface area contributed by atoms with E-state index in [1.165, 1.54) is 19.3 Å². The van der Waals surface area contributed by atoms with E-state index in [0.717, 1.165) is 5.56 Å². The van der Waals surface area contributed by atoms with E-state index >= 15 is 0 Å². The highest BCUT2D eigenvalue weighted by atomic mass is 79.9. The van der Waals surface area contributed by atoms with Gasteiger partial charge in [-0.1, -0.05) is 35.0 Å². The summed E-state index contributed by atoms with van der Waals surface area (Å²) >= 11 is 3.31. The first-order valence-electron chi connectivity index (χ1n) is 11.8. The van der Waals surface area contributed by atoms with E-state index < -0.39 is 47.9 Å². The number of nitrogens with zero attached hydrogens (tertiary/aromatic N) is 4. The van der Waals surface area contributed by atoms with Gasteiger partial charge in [0.1, 0.15) is 20.8 Å². The summed E-state index contributed by atoms with van der Waals surface area (Å²) < 4.78 is 80.7. The van der Waals surface area contributed by atoms with E-state index in [2.05, 4.69) is 40.6 Å². The molecule has 3 aromatic rings. The second-order valence-corrected chi connectivity index (χ2v) is 8.51. The fourth-order valence-corrected chi connectivity index (χ4v) is 3.38. The van der Waals surface area contributed by atoms with Gasteiger partial charge in [-0.25, -0.2) is 19.9 Å². The van der Waals surface area contributed by atoms with Crippen LogP contribution in [0.2, 0.25) is 0 Å². The van der Waals surface area contributed by atoms with Gasteiger partial charge in [0, 0.05) is 26.1 Å². The van der Waals surface area contributed by atoms with Crippen LogP contribution in [-0.2, 0) is 10.2 Å². The largest absolute Gasteiger partial charge is 0.473 e. The SMILES string of the molecule is [2H]c1nc(NS(=O)(=O)NC([2H])([2H])CC)c(-c2ccc(Br)cc2)c(OC([2H])([2H])COc2ncc(C)cn2)n1. The highest BCUT2D eigenvalue weighted by Crippen LogP contribution is 2.34. The van der Waals surface area contributed by atoms with Crippen LogP contribution in [-0.4, -0.2) is 48.0 Å². The molecule has 0 aliphatic heterocycles. The molecular weight excluding hydrogens is 500 g/mol. The number of hydrogen-bond acceptors (Lipinski definition) is 8. The molecule has 0 spiro atoms. The molecule has 2 heterocycles. The molecule has 0 atom stereocenters. The van der Waals surface area contributed by atoms with Crippen LogP contribution in [0.4, 0.5) is 5.82 Å². The molecule has 0 aliphatic carbocycles. The summed E-state index contributed by atoms with van der Waals surface area (Å²) in [5.74, 6) is -0.868. The molecule has 1 aromatic carbocycles. The van der Waals surface area contributed by atoms with Gasteiger partial charge in [0.2, 0.25) is 5.88 Å². The van der Waals surface area contributed by atoms with Gasteiger partial charge in [0.25, 0.3) is 10.2 Å². The van der Waals surface area contributed by atoms with Gasteiger partial charge in [-0.05, 0) is 36.6 Å². The molecule has 0 fully saturated rings. The molecule has 2 N–H and O–H groups in total. The average molecular weight is 528 g/mol. The predicted octanol–water partition coefficient (Wildman–Crippen LogP) is 3.12. The van der Waals surface area contributed by atoms with E-state index in [1.54, 1.807) is 31.2 Å². The Balaban J connectivity index is 2.00. The van der Waals surface area contributed by atoms with E-state index in [4.69, 9.17) is 16.3 Å². The second kappa shape index (κ2) is 11.2. The van der Waals surface area contributed by atoms with Crippen molar-refractivity contribution in [2.45, 2.75) is 20.3 Å². The Morgan fingerprint density at radius 3 is 2.53 bits per heavy atom. The molecule has 10 nitrogen and oxygen atoms in total. The van der Waals surface area contributed by atoms with Gasteiger partial charge >= 0.3 is 6.01 Å². The van der Waals surface area contributed by atoms with E-state index in [1.807, 2.05) is 4.72 Å². The van der Waals surface area contributed by atoms with Crippen molar-refractivity contribution in [1.82, 2.24) is 24.7 Å². The van der Waals surface area contributed by atoms with Gasteiger partial charge in [0.15, 0.2) is 5.82 Å². The molecule has 32 heavy (non-hydrogen) atoms. The maximum atomic E-state index is 12.7. The molecule has 0 radical (unpaired) electrons. The van der Waals surface area contributed by atoms with Crippen molar-refractivity contribution in [1.29, 1.82) is 0 Å². The van der Waals surface area contributed by atoms with Crippen LogP contribution >= 0.6 is 15.9 Å². The number of halogens is 1. The lowest BCUT2D eigenvalue weighted by molar-refractivity contribution is 0.202. The van der Waals surface area contributed by atoms with Crippen LogP contribution in [0.3, 0.4) is 0 Å². The Kier molecular flexibility index (Phi) is 6.17. The number of aryl methyl sites for hydroxylation is 1. The van der Waals surface area contributed by atoms with E-state index in [-0.39, 0.29) is 18.0 Å². The molecule has 12 heteroatoms. The molecule has 0 bridgehead atoms. The second-order valence-electron chi connectivity index (χ2n) is 6.18. The summed E-state index contributed by atoms with van der Waals surface area (Å²) in [5.41, 5.74) is 1.03. The van der Waals surface area contributed by atoms with Crippen LogP contribution in [0.25, 0.3) is 11.1 Å². The smallest absolute Gasteiger partial charge is 0.316 e. The number of benzene rings is 1. The molecule has 0 saturated carbocycles. The lowest BCUT2D eigenvalue weighted by atomic mass is 10.1. The van der Waals surface area contributed by atoms with Crippen molar-refractivity contribution in [2.75, 3.05) is 24.4 Å². The van der Waals surface area contributed by atoms with E-state index in [9.17, 15) is 8.42 Å². The molecular formula is C20H23BrN6O4S. The Hall–Kier alpha value is -2.83. The highest BCUT2D eigenvalue weighted by Gasteiger charge is 2.19. The van der Waals surface area contributed by atoms with E-state index in [0.29, 0.717) is 10.0 Å². The van der Waals surface area contributed by atoms with Crippen molar-refractivity contribution in [3.05, 3.63) is 53.0 Å². The quantitative estimate of drug-likeness (QED) is 0.389. The Bertz CT molecular complexity index is 1350. The number of hydrogen-bond donors (Lipinski definition) is 2.